The van der Waals surface area contributed by atoms with Crippen molar-refractivity contribution in [2.45, 2.75) is 50.1 Å². The highest BCUT2D eigenvalue weighted by Crippen LogP contribution is 2.60. The molecule has 8 nitrogen and oxygen atoms in total. The van der Waals surface area contributed by atoms with Gasteiger partial charge in [0.15, 0.2) is 6.61 Å². The highest BCUT2D eigenvalue weighted by Gasteiger charge is 2.69. The van der Waals surface area contributed by atoms with Crippen molar-refractivity contribution in [2.75, 3.05) is 6.61 Å². The number of carboxylic acids is 2. The van der Waals surface area contributed by atoms with Gasteiger partial charge in [-0.2, -0.15) is 17.6 Å². The highest BCUT2D eigenvalue weighted by atomic mass is 19.3. The Bertz CT molecular complexity index is 736. The molecule has 0 aromatic carbocycles. The van der Waals surface area contributed by atoms with Gasteiger partial charge in [-0.3, -0.25) is 4.79 Å². The molecular weight excluding hydrogens is 408 g/mol. The van der Waals surface area contributed by atoms with Gasteiger partial charge in [-0.15, -0.1) is 0 Å². The Morgan fingerprint density at radius 3 is 1.97 bits per heavy atom. The molecule has 2 N–H and O–H groups in total. The van der Waals surface area contributed by atoms with E-state index in [1.165, 1.54) is 0 Å². The van der Waals surface area contributed by atoms with Crippen molar-refractivity contribution in [1.29, 1.82) is 0 Å². The van der Waals surface area contributed by atoms with E-state index in [-0.39, 0.29) is 17.8 Å². The third-order valence-corrected chi connectivity index (χ3v) is 6.15. The smallest absolute Gasteiger partial charge is 0.415 e. The lowest BCUT2D eigenvalue weighted by atomic mass is 9.48. The number of alkyl halides is 4. The van der Waals surface area contributed by atoms with Crippen LogP contribution >= 0.6 is 0 Å². The molecule has 4 saturated carbocycles. The van der Waals surface area contributed by atoms with Crippen LogP contribution in [0.2, 0.25) is 0 Å². The van der Waals surface area contributed by atoms with Crippen molar-refractivity contribution in [2.24, 2.45) is 23.2 Å². The van der Waals surface area contributed by atoms with Crippen LogP contribution in [-0.2, 0) is 28.7 Å². The number of hydrogen-bond donors (Lipinski definition) is 2. The Labute approximate surface area is 161 Å². The lowest BCUT2D eigenvalue weighted by molar-refractivity contribution is -0.235. The number of halogens is 4. The second-order valence-corrected chi connectivity index (χ2v) is 8.04. The molecule has 162 valence electrons. The number of aliphatic carboxylic acids is 2. The van der Waals surface area contributed by atoms with E-state index in [2.05, 4.69) is 4.74 Å². The van der Waals surface area contributed by atoms with Crippen LogP contribution < -0.4 is 0 Å². The fourth-order valence-electron chi connectivity index (χ4n) is 5.10. The molecule has 0 aliphatic heterocycles. The maximum atomic E-state index is 13.3. The molecule has 0 spiro atoms. The normalized spacial score (nSPS) is 33.2. The summed E-state index contributed by atoms with van der Waals surface area (Å²) in [6, 6.07) is 0. The number of carbonyl (C=O) groups excluding carboxylic acids is 2. The molecular formula is C17H18F4O8. The molecule has 0 aromatic heterocycles. The Morgan fingerprint density at radius 1 is 0.931 bits per heavy atom. The van der Waals surface area contributed by atoms with Crippen molar-refractivity contribution in [1.82, 2.24) is 0 Å². The number of ether oxygens (including phenoxy) is 2. The maximum Gasteiger partial charge on any atom is 0.415 e. The summed E-state index contributed by atoms with van der Waals surface area (Å²) in [7, 11) is 0. The summed E-state index contributed by atoms with van der Waals surface area (Å²) < 4.78 is 61.5. The van der Waals surface area contributed by atoms with E-state index in [1.54, 1.807) is 0 Å². The van der Waals surface area contributed by atoms with Gasteiger partial charge in [0.1, 0.15) is 6.10 Å². The first kappa shape index (κ1) is 21.3. The predicted octanol–water partition coefficient (Wildman–Crippen LogP) is 1.71. The number of hydrogen-bond acceptors (Lipinski definition) is 6. The van der Waals surface area contributed by atoms with E-state index < -0.39 is 53.8 Å². The zero-order chi connectivity index (χ0) is 21.8. The van der Waals surface area contributed by atoms with Crippen molar-refractivity contribution >= 4 is 23.9 Å². The summed E-state index contributed by atoms with van der Waals surface area (Å²) >= 11 is 0. The van der Waals surface area contributed by atoms with Crippen LogP contribution in [0.25, 0.3) is 0 Å². The van der Waals surface area contributed by atoms with Crippen molar-refractivity contribution in [3.8, 4) is 0 Å². The van der Waals surface area contributed by atoms with Crippen molar-refractivity contribution in [3.05, 3.63) is 0 Å². The quantitative estimate of drug-likeness (QED) is 0.465. The average molecular weight is 426 g/mol. The van der Waals surface area contributed by atoms with E-state index >= 15 is 0 Å². The lowest BCUT2D eigenvalue weighted by Gasteiger charge is -2.57. The van der Waals surface area contributed by atoms with Crippen LogP contribution in [0, 0.1) is 23.2 Å². The van der Waals surface area contributed by atoms with E-state index in [9.17, 15) is 41.8 Å². The fourth-order valence-corrected chi connectivity index (χ4v) is 5.10. The standard InChI is InChI=1S/C17H18F4O8/c18-16(19,13(25)26)17(20,21)14(27)28-6-10(22)29-11-8-1-7-2-9(11)5-15(3-7,4-8)12(23)24/h7-9,11H,1-6H2,(H,23,24)(H,25,26). The van der Waals surface area contributed by atoms with Crippen molar-refractivity contribution < 1.29 is 56.4 Å². The third kappa shape index (κ3) is 3.42. The summed E-state index contributed by atoms with van der Waals surface area (Å²) in [5, 5.41) is 17.7. The summed E-state index contributed by atoms with van der Waals surface area (Å²) in [5.74, 6) is -19.9. The topological polar surface area (TPSA) is 127 Å². The van der Waals surface area contributed by atoms with Crippen LogP contribution in [-0.4, -0.2) is 58.6 Å². The SMILES string of the molecule is O=C(COC(=O)C(F)(F)C(F)(F)C(=O)O)OC1C2CC3CC1CC(C(=O)O)(C3)C2. The van der Waals surface area contributed by atoms with Gasteiger partial charge in [0.25, 0.3) is 0 Å². The molecule has 4 fully saturated rings. The fraction of sp³-hybridized carbons (Fsp3) is 0.765. The monoisotopic (exact) mass is 426 g/mol. The minimum absolute atomic E-state index is 0.188. The first-order valence-electron chi connectivity index (χ1n) is 8.89. The summed E-state index contributed by atoms with van der Waals surface area (Å²) in [4.78, 5) is 44.9. The Morgan fingerprint density at radius 2 is 1.48 bits per heavy atom. The Balaban J connectivity index is 1.58. The van der Waals surface area contributed by atoms with Crippen LogP contribution in [0.4, 0.5) is 17.6 Å². The second kappa shape index (κ2) is 6.84. The first-order chi connectivity index (χ1) is 13.3. The van der Waals surface area contributed by atoms with Gasteiger partial charge in [0.05, 0.1) is 5.41 Å². The predicted molar refractivity (Wildman–Crippen MR) is 82.0 cm³/mol. The van der Waals surface area contributed by atoms with E-state index in [1.807, 2.05) is 0 Å². The Hall–Kier alpha value is -2.40. The van der Waals surface area contributed by atoms with Gasteiger partial charge in [-0.25, -0.2) is 14.4 Å². The molecule has 4 aliphatic carbocycles. The van der Waals surface area contributed by atoms with Crippen LogP contribution in [0.15, 0.2) is 0 Å². The summed E-state index contributed by atoms with van der Waals surface area (Å²) in [6.07, 6.45) is 1.77. The zero-order valence-electron chi connectivity index (χ0n) is 14.9. The molecule has 4 bridgehead atoms. The van der Waals surface area contributed by atoms with E-state index in [4.69, 9.17) is 9.84 Å². The van der Waals surface area contributed by atoms with Crippen LogP contribution in [0.3, 0.4) is 0 Å². The maximum absolute atomic E-state index is 13.3. The van der Waals surface area contributed by atoms with Gasteiger partial charge in [-0.05, 0) is 49.9 Å². The molecule has 2 unspecified atom stereocenters. The highest BCUT2D eigenvalue weighted by molar-refractivity contribution is 5.90. The molecule has 0 aromatic rings. The summed E-state index contributed by atoms with van der Waals surface area (Å²) in [5.41, 5.74) is -0.865. The molecule has 0 saturated heterocycles. The first-order valence-corrected chi connectivity index (χ1v) is 8.89. The molecule has 0 heterocycles. The van der Waals surface area contributed by atoms with E-state index in [0.717, 1.165) is 0 Å². The molecule has 4 aliphatic rings. The summed E-state index contributed by atoms with van der Waals surface area (Å²) in [6.45, 7) is -1.40. The number of esters is 2. The van der Waals surface area contributed by atoms with Crippen LogP contribution in [0.5, 0.6) is 0 Å². The van der Waals surface area contributed by atoms with Gasteiger partial charge in [0.2, 0.25) is 0 Å². The van der Waals surface area contributed by atoms with Crippen LogP contribution in [0.1, 0.15) is 32.1 Å². The van der Waals surface area contributed by atoms with Gasteiger partial charge in [-0.1, -0.05) is 0 Å². The molecule has 2 atom stereocenters. The molecule has 0 radical (unpaired) electrons. The van der Waals surface area contributed by atoms with Crippen molar-refractivity contribution in [3.63, 3.8) is 0 Å². The van der Waals surface area contributed by atoms with Gasteiger partial charge in [0, 0.05) is 0 Å². The number of carbonyl (C=O) groups is 4. The second-order valence-electron chi connectivity index (χ2n) is 8.04. The Kier molecular flexibility index (Phi) is 5.02. The molecule has 29 heavy (non-hydrogen) atoms. The zero-order valence-corrected chi connectivity index (χ0v) is 14.9. The lowest BCUT2D eigenvalue weighted by Crippen LogP contribution is -2.57. The largest absolute Gasteiger partial charge is 0.481 e. The average Bonchev–Trinajstić information content (AvgIpc) is 2.61. The number of carboxylic acid groups (broad SMARTS) is 2. The van der Waals surface area contributed by atoms with Gasteiger partial charge < -0.3 is 19.7 Å². The third-order valence-electron chi connectivity index (χ3n) is 6.15. The van der Waals surface area contributed by atoms with E-state index in [0.29, 0.717) is 32.1 Å². The van der Waals surface area contributed by atoms with Gasteiger partial charge >= 0.3 is 35.7 Å². The minimum atomic E-state index is -5.71. The molecule has 4 rings (SSSR count). The molecule has 0 amide bonds. The number of rotatable bonds is 7. The minimum Gasteiger partial charge on any atom is -0.481 e. The molecule has 12 heteroatoms.